The van der Waals surface area contributed by atoms with Crippen molar-refractivity contribution in [2.45, 2.75) is 64.1 Å². The maximum absolute atomic E-state index is 12.3. The van der Waals surface area contributed by atoms with Gasteiger partial charge >= 0.3 is 6.03 Å². The molecular weight excluding hydrogens is 312 g/mol. The van der Waals surface area contributed by atoms with Crippen LogP contribution in [0.4, 0.5) is 10.5 Å². The molecule has 3 rings (SSSR count). The number of benzene rings is 1. The maximum Gasteiger partial charge on any atom is 0.319 e. The highest BCUT2D eigenvalue weighted by Crippen LogP contribution is 2.22. The number of fused-ring (bicyclic) bond motifs is 2. The lowest BCUT2D eigenvalue weighted by Gasteiger charge is -2.46. The fraction of sp³-hybridized carbons (Fsp3) is 0.600. The summed E-state index contributed by atoms with van der Waals surface area (Å²) in [6.07, 6.45) is 6.07. The summed E-state index contributed by atoms with van der Waals surface area (Å²) in [5.41, 5.74) is 1.32. The largest absolute Gasteiger partial charge is 0.335 e. The van der Waals surface area contributed by atoms with Gasteiger partial charge in [-0.25, -0.2) is 4.79 Å². The summed E-state index contributed by atoms with van der Waals surface area (Å²) in [4.78, 5) is 14.1. The molecule has 2 saturated heterocycles. The first-order valence-electron chi connectivity index (χ1n) is 9.48. The molecule has 3 N–H and O–H groups in total. The Hall–Kier alpha value is -2.06. The first kappa shape index (κ1) is 17.8. The Morgan fingerprint density at radius 2 is 1.88 bits per heavy atom. The normalized spacial score (nSPS) is 28.2. The summed E-state index contributed by atoms with van der Waals surface area (Å²) in [6, 6.07) is 10.6. The van der Waals surface area contributed by atoms with Crippen molar-refractivity contribution in [3.63, 3.8) is 0 Å². The van der Waals surface area contributed by atoms with Gasteiger partial charge in [-0.05, 0) is 43.5 Å². The maximum atomic E-state index is 12.3. The summed E-state index contributed by atoms with van der Waals surface area (Å²) < 4.78 is 0. The monoisotopic (exact) mass is 341 g/mol. The number of anilines is 1. The van der Waals surface area contributed by atoms with Crippen LogP contribution >= 0.6 is 0 Å². The van der Waals surface area contributed by atoms with E-state index in [0.717, 1.165) is 24.4 Å². The van der Waals surface area contributed by atoms with Gasteiger partial charge in [0.05, 0.1) is 30.3 Å². The SMILES string of the molecule is CC(C)C[NH+]1[C@@H]2CCC[C@H]1CC(NC(=O)Nc1ccc(C#N)cc1)C2. The number of urea groups is 1. The number of nitrogens with zero attached hydrogens (tertiary/aromatic N) is 1. The van der Waals surface area contributed by atoms with Crippen LogP contribution in [-0.2, 0) is 0 Å². The van der Waals surface area contributed by atoms with Crippen LogP contribution in [0.1, 0.15) is 51.5 Å². The van der Waals surface area contributed by atoms with Gasteiger partial charge in [-0.2, -0.15) is 5.26 Å². The van der Waals surface area contributed by atoms with Gasteiger partial charge in [0.15, 0.2) is 0 Å². The molecule has 2 amide bonds. The van der Waals surface area contributed by atoms with E-state index >= 15 is 0 Å². The first-order chi connectivity index (χ1) is 12.0. The Morgan fingerprint density at radius 1 is 1.24 bits per heavy atom. The number of rotatable bonds is 4. The van der Waals surface area contributed by atoms with Crippen molar-refractivity contribution in [3.05, 3.63) is 29.8 Å². The first-order valence-corrected chi connectivity index (χ1v) is 9.48. The third kappa shape index (κ3) is 4.52. The number of quaternary nitrogens is 1. The van der Waals surface area contributed by atoms with Crippen molar-refractivity contribution < 1.29 is 9.69 Å². The molecule has 2 heterocycles. The van der Waals surface area contributed by atoms with Crippen LogP contribution in [0, 0.1) is 17.2 Å². The molecular formula is C20H29N4O+. The molecule has 2 bridgehead atoms. The van der Waals surface area contributed by atoms with Gasteiger partial charge in [0, 0.05) is 30.5 Å². The summed E-state index contributed by atoms with van der Waals surface area (Å²) >= 11 is 0. The summed E-state index contributed by atoms with van der Waals surface area (Å²) in [5.74, 6) is 0.724. The summed E-state index contributed by atoms with van der Waals surface area (Å²) in [6.45, 7) is 5.86. The molecule has 2 unspecified atom stereocenters. The zero-order valence-corrected chi connectivity index (χ0v) is 15.2. The lowest BCUT2D eigenvalue weighted by atomic mass is 9.81. The van der Waals surface area contributed by atoms with Crippen molar-refractivity contribution in [1.82, 2.24) is 5.32 Å². The van der Waals surface area contributed by atoms with Crippen LogP contribution < -0.4 is 15.5 Å². The Kier molecular flexibility index (Phi) is 5.60. The fourth-order valence-electron chi connectivity index (χ4n) is 4.54. The van der Waals surface area contributed by atoms with Gasteiger partial charge in [-0.15, -0.1) is 0 Å². The van der Waals surface area contributed by atoms with E-state index in [1.807, 2.05) is 0 Å². The average molecular weight is 341 g/mol. The van der Waals surface area contributed by atoms with Gasteiger partial charge in [0.1, 0.15) is 0 Å². The van der Waals surface area contributed by atoms with Crippen LogP contribution in [0.3, 0.4) is 0 Å². The van der Waals surface area contributed by atoms with Crippen molar-refractivity contribution in [2.75, 3.05) is 11.9 Å². The molecule has 5 nitrogen and oxygen atoms in total. The number of piperidine rings is 2. The highest BCUT2D eigenvalue weighted by molar-refractivity contribution is 5.89. The van der Waals surface area contributed by atoms with Crippen LogP contribution in [0.15, 0.2) is 24.3 Å². The molecule has 1 aromatic rings. The molecule has 5 heteroatoms. The van der Waals surface area contributed by atoms with E-state index in [2.05, 4.69) is 30.6 Å². The number of hydrogen-bond acceptors (Lipinski definition) is 2. The van der Waals surface area contributed by atoms with Crippen LogP contribution in [-0.4, -0.2) is 30.7 Å². The highest BCUT2D eigenvalue weighted by Gasteiger charge is 2.42. The molecule has 0 saturated carbocycles. The minimum atomic E-state index is -0.139. The van der Waals surface area contributed by atoms with E-state index < -0.39 is 0 Å². The molecule has 2 aliphatic heterocycles. The summed E-state index contributed by atoms with van der Waals surface area (Å²) in [7, 11) is 0. The van der Waals surface area contributed by atoms with Crippen molar-refractivity contribution in [1.29, 1.82) is 5.26 Å². The standard InChI is InChI=1S/C20H28N4O/c1-14(2)13-24-18-4-3-5-19(24)11-17(10-18)23-20(25)22-16-8-6-15(12-21)7-9-16/h6-9,14,17-19H,3-5,10-11,13H2,1-2H3,(H2,22,23,25)/p+1/t17?,18-,19+. The number of hydrogen-bond donors (Lipinski definition) is 3. The van der Waals surface area contributed by atoms with Gasteiger partial charge in [0.25, 0.3) is 0 Å². The van der Waals surface area contributed by atoms with E-state index in [1.165, 1.54) is 25.8 Å². The highest BCUT2D eigenvalue weighted by atomic mass is 16.2. The Bertz CT molecular complexity index is 620. The van der Waals surface area contributed by atoms with Gasteiger partial charge in [-0.3, -0.25) is 0 Å². The molecule has 0 spiro atoms. The fourth-order valence-corrected chi connectivity index (χ4v) is 4.54. The quantitative estimate of drug-likeness (QED) is 0.786. The second kappa shape index (κ2) is 7.88. The van der Waals surface area contributed by atoms with E-state index in [4.69, 9.17) is 5.26 Å². The zero-order valence-electron chi connectivity index (χ0n) is 15.2. The minimum absolute atomic E-state index is 0.139. The molecule has 4 atom stereocenters. The minimum Gasteiger partial charge on any atom is -0.335 e. The number of carbonyl (C=O) groups is 1. The van der Waals surface area contributed by atoms with Crippen LogP contribution in [0.2, 0.25) is 0 Å². The predicted octanol–water partition coefficient (Wildman–Crippen LogP) is 2.30. The molecule has 2 fully saturated rings. The van der Waals surface area contributed by atoms with Crippen molar-refractivity contribution in [2.24, 2.45) is 5.92 Å². The molecule has 134 valence electrons. The second-order valence-corrected chi connectivity index (χ2v) is 7.95. The van der Waals surface area contributed by atoms with Crippen LogP contribution in [0.5, 0.6) is 0 Å². The predicted molar refractivity (Wildman–Crippen MR) is 98.4 cm³/mol. The second-order valence-electron chi connectivity index (χ2n) is 7.95. The van der Waals surface area contributed by atoms with E-state index in [0.29, 0.717) is 17.6 Å². The summed E-state index contributed by atoms with van der Waals surface area (Å²) in [5, 5.41) is 14.9. The van der Waals surface area contributed by atoms with Gasteiger partial charge < -0.3 is 15.5 Å². The number of nitrogens with one attached hydrogen (secondary N) is 3. The third-order valence-corrected chi connectivity index (χ3v) is 5.54. The third-order valence-electron chi connectivity index (χ3n) is 5.54. The topological polar surface area (TPSA) is 69.4 Å². The Balaban J connectivity index is 1.55. The Labute approximate surface area is 150 Å². The van der Waals surface area contributed by atoms with Crippen molar-refractivity contribution in [3.8, 4) is 6.07 Å². The molecule has 25 heavy (non-hydrogen) atoms. The molecule has 0 aromatic heterocycles. The molecule has 0 aliphatic carbocycles. The lowest BCUT2D eigenvalue weighted by molar-refractivity contribution is -0.963. The number of amides is 2. The molecule has 2 aliphatic rings. The van der Waals surface area contributed by atoms with E-state index in [9.17, 15) is 4.79 Å². The zero-order chi connectivity index (χ0) is 17.8. The average Bonchev–Trinajstić information content (AvgIpc) is 2.55. The van der Waals surface area contributed by atoms with Crippen molar-refractivity contribution >= 4 is 11.7 Å². The smallest absolute Gasteiger partial charge is 0.319 e. The van der Waals surface area contributed by atoms with Gasteiger partial charge in [-0.1, -0.05) is 13.8 Å². The van der Waals surface area contributed by atoms with Gasteiger partial charge in [0.2, 0.25) is 0 Å². The lowest BCUT2D eigenvalue weighted by Crippen LogP contribution is -3.21. The molecule has 0 radical (unpaired) electrons. The van der Waals surface area contributed by atoms with E-state index in [1.54, 1.807) is 29.2 Å². The number of nitriles is 1. The van der Waals surface area contributed by atoms with E-state index in [-0.39, 0.29) is 12.1 Å². The Morgan fingerprint density at radius 3 is 2.44 bits per heavy atom. The number of carbonyl (C=O) groups excluding carboxylic acids is 1. The molecule has 1 aromatic carbocycles. The van der Waals surface area contributed by atoms with Crippen LogP contribution in [0.25, 0.3) is 0 Å².